The molecule has 0 bridgehead atoms. The zero-order chi connectivity index (χ0) is 13.2. The highest BCUT2D eigenvalue weighted by Crippen LogP contribution is 2.15. The van der Waals surface area contributed by atoms with Crippen LogP contribution in [0.25, 0.3) is 11.0 Å². The maximum atomic E-state index is 11.2. The first kappa shape index (κ1) is 13.0. The molecule has 0 amide bonds. The molecule has 1 atom stereocenters. The summed E-state index contributed by atoms with van der Waals surface area (Å²) in [5.74, 6) is 0.146. The van der Waals surface area contributed by atoms with Crippen molar-refractivity contribution in [2.75, 3.05) is 12.0 Å². The van der Waals surface area contributed by atoms with Crippen molar-refractivity contribution in [3.63, 3.8) is 0 Å². The highest BCUT2D eigenvalue weighted by atomic mass is 32.2. The third-order valence-electron chi connectivity index (χ3n) is 2.73. The summed E-state index contributed by atoms with van der Waals surface area (Å²) < 4.78 is 22.3. The van der Waals surface area contributed by atoms with Crippen molar-refractivity contribution in [2.45, 2.75) is 19.5 Å². The monoisotopic (exact) mass is 267 g/mol. The van der Waals surface area contributed by atoms with Crippen molar-refractivity contribution in [1.82, 2.24) is 15.3 Å². The summed E-state index contributed by atoms with van der Waals surface area (Å²) in [7, 11) is -2.94. The van der Waals surface area contributed by atoms with E-state index >= 15 is 0 Å². The number of nitrogens with zero attached hydrogens (tertiary/aromatic N) is 1. The first-order valence-electron chi connectivity index (χ1n) is 5.78. The third-order valence-corrected chi connectivity index (χ3v) is 3.84. The summed E-state index contributed by atoms with van der Waals surface area (Å²) in [5, 5.41) is 4.27. The molecule has 18 heavy (non-hydrogen) atoms. The summed E-state index contributed by atoms with van der Waals surface area (Å²) in [6, 6.07) is 3.82. The predicted octanol–water partition coefficient (Wildman–Crippen LogP) is 1.09. The highest BCUT2D eigenvalue weighted by molar-refractivity contribution is 7.90. The second kappa shape index (κ2) is 5.07. The summed E-state index contributed by atoms with van der Waals surface area (Å²) in [6.45, 7) is 2.50. The number of H-pyrrole nitrogens is 1. The summed E-state index contributed by atoms with van der Waals surface area (Å²) in [5.41, 5.74) is 1.95. The van der Waals surface area contributed by atoms with Gasteiger partial charge in [-0.15, -0.1) is 0 Å². The van der Waals surface area contributed by atoms with Crippen LogP contribution >= 0.6 is 0 Å². The Bertz CT molecular complexity index is 634. The van der Waals surface area contributed by atoms with Crippen LogP contribution in [0, 0.1) is 0 Å². The topological polar surface area (TPSA) is 74.8 Å². The van der Waals surface area contributed by atoms with Crippen LogP contribution in [0.2, 0.25) is 0 Å². The average Bonchev–Trinajstić information content (AvgIpc) is 2.67. The lowest BCUT2D eigenvalue weighted by Gasteiger charge is -2.11. The van der Waals surface area contributed by atoms with E-state index in [9.17, 15) is 8.42 Å². The summed E-state index contributed by atoms with van der Waals surface area (Å²) in [6.07, 6.45) is 4.89. The molecule has 2 heterocycles. The van der Waals surface area contributed by atoms with Gasteiger partial charge < -0.3 is 10.3 Å². The van der Waals surface area contributed by atoms with Crippen LogP contribution in [0.4, 0.5) is 0 Å². The van der Waals surface area contributed by atoms with Gasteiger partial charge in [0, 0.05) is 36.6 Å². The van der Waals surface area contributed by atoms with E-state index in [4.69, 9.17) is 0 Å². The fraction of sp³-hybridized carbons (Fsp3) is 0.417. The minimum Gasteiger partial charge on any atom is -0.346 e. The molecule has 6 heteroatoms. The maximum Gasteiger partial charge on any atom is 0.148 e. The number of nitrogens with one attached hydrogen (secondary N) is 2. The van der Waals surface area contributed by atoms with Gasteiger partial charge in [-0.25, -0.2) is 13.4 Å². The van der Waals surface area contributed by atoms with Crippen LogP contribution in [0.5, 0.6) is 0 Å². The Morgan fingerprint density at radius 2 is 2.28 bits per heavy atom. The molecule has 0 spiro atoms. The van der Waals surface area contributed by atoms with Crippen LogP contribution in [0.15, 0.2) is 24.5 Å². The van der Waals surface area contributed by atoms with E-state index in [0.717, 1.165) is 16.6 Å². The van der Waals surface area contributed by atoms with E-state index < -0.39 is 9.84 Å². The number of sulfone groups is 1. The molecular weight excluding hydrogens is 250 g/mol. The van der Waals surface area contributed by atoms with E-state index in [1.54, 1.807) is 6.20 Å². The summed E-state index contributed by atoms with van der Waals surface area (Å²) in [4.78, 5) is 7.30. The number of rotatable bonds is 5. The fourth-order valence-corrected chi connectivity index (χ4v) is 2.98. The summed E-state index contributed by atoms with van der Waals surface area (Å²) >= 11 is 0. The molecule has 98 valence electrons. The number of aromatic amines is 1. The smallest absolute Gasteiger partial charge is 0.148 e. The molecule has 0 aliphatic carbocycles. The molecule has 2 aromatic rings. The molecule has 0 saturated carbocycles. The van der Waals surface area contributed by atoms with Gasteiger partial charge in [0.15, 0.2) is 0 Å². The molecule has 2 aromatic heterocycles. The molecule has 0 radical (unpaired) electrons. The van der Waals surface area contributed by atoms with Crippen molar-refractivity contribution in [3.05, 3.63) is 30.1 Å². The molecule has 5 nitrogen and oxygen atoms in total. The lowest BCUT2D eigenvalue weighted by atomic mass is 10.2. The van der Waals surface area contributed by atoms with Crippen molar-refractivity contribution in [1.29, 1.82) is 0 Å². The van der Waals surface area contributed by atoms with Crippen LogP contribution < -0.4 is 5.32 Å². The lowest BCUT2D eigenvalue weighted by Crippen LogP contribution is -2.32. The van der Waals surface area contributed by atoms with Gasteiger partial charge in [0.05, 0.1) is 5.75 Å². The molecule has 0 aliphatic rings. The number of pyridine rings is 1. The Kier molecular flexibility index (Phi) is 3.68. The lowest BCUT2D eigenvalue weighted by molar-refractivity contribution is 0.561. The number of hydrogen-bond acceptors (Lipinski definition) is 4. The van der Waals surface area contributed by atoms with Gasteiger partial charge in [0.25, 0.3) is 0 Å². The van der Waals surface area contributed by atoms with E-state index in [2.05, 4.69) is 15.3 Å². The largest absolute Gasteiger partial charge is 0.346 e. The molecular formula is C12H17N3O2S. The van der Waals surface area contributed by atoms with Gasteiger partial charge in [-0.1, -0.05) is 0 Å². The quantitative estimate of drug-likeness (QED) is 0.850. The molecule has 0 aliphatic heterocycles. The van der Waals surface area contributed by atoms with Gasteiger partial charge in [0.1, 0.15) is 15.5 Å². The molecule has 2 rings (SSSR count). The maximum absolute atomic E-state index is 11.2. The Hall–Kier alpha value is -1.40. The van der Waals surface area contributed by atoms with Crippen molar-refractivity contribution < 1.29 is 8.42 Å². The Morgan fingerprint density at radius 1 is 1.50 bits per heavy atom. The number of fused-ring (bicyclic) bond motifs is 1. The van der Waals surface area contributed by atoms with E-state index in [0.29, 0.717) is 6.54 Å². The van der Waals surface area contributed by atoms with Crippen molar-refractivity contribution in [2.24, 2.45) is 0 Å². The molecule has 2 N–H and O–H groups in total. The van der Waals surface area contributed by atoms with E-state index in [-0.39, 0.29) is 11.8 Å². The molecule has 1 unspecified atom stereocenters. The zero-order valence-electron chi connectivity index (χ0n) is 10.5. The van der Waals surface area contributed by atoms with Gasteiger partial charge in [-0.3, -0.25) is 0 Å². The van der Waals surface area contributed by atoms with Crippen LogP contribution in [0.1, 0.15) is 12.5 Å². The number of hydrogen-bond donors (Lipinski definition) is 2. The zero-order valence-corrected chi connectivity index (χ0v) is 11.3. The first-order valence-corrected chi connectivity index (χ1v) is 7.84. The van der Waals surface area contributed by atoms with Crippen LogP contribution in [-0.2, 0) is 16.4 Å². The van der Waals surface area contributed by atoms with Crippen molar-refractivity contribution in [3.8, 4) is 0 Å². The second-order valence-corrected chi connectivity index (χ2v) is 6.77. The Balaban J connectivity index is 2.02. The van der Waals surface area contributed by atoms with Crippen LogP contribution in [0.3, 0.4) is 0 Å². The SMILES string of the molecule is CC(CS(C)(=O)=O)NCc1c[nH]c2ncccc12. The minimum absolute atomic E-state index is 0.0679. The standard InChI is InChI=1S/C12H17N3O2S/c1-9(8-18(2,16)17)14-6-10-7-15-12-11(10)4-3-5-13-12/h3-5,7,9,14H,6,8H2,1-2H3,(H,13,15). The van der Waals surface area contributed by atoms with E-state index in [1.165, 1.54) is 6.26 Å². The van der Waals surface area contributed by atoms with Crippen molar-refractivity contribution >= 4 is 20.9 Å². The minimum atomic E-state index is -2.94. The number of aromatic nitrogens is 2. The van der Waals surface area contributed by atoms with Crippen LogP contribution in [-0.4, -0.2) is 36.4 Å². The Morgan fingerprint density at radius 3 is 3.00 bits per heavy atom. The normalized spacial score (nSPS) is 13.9. The average molecular weight is 267 g/mol. The Labute approximate surface area is 107 Å². The molecule has 0 aromatic carbocycles. The molecule has 0 saturated heterocycles. The predicted molar refractivity (Wildman–Crippen MR) is 72.1 cm³/mol. The van der Waals surface area contributed by atoms with E-state index in [1.807, 2.05) is 25.3 Å². The van der Waals surface area contributed by atoms with Gasteiger partial charge in [-0.2, -0.15) is 0 Å². The third kappa shape index (κ3) is 3.30. The second-order valence-electron chi connectivity index (χ2n) is 4.59. The van der Waals surface area contributed by atoms with Gasteiger partial charge >= 0.3 is 0 Å². The molecule has 0 fully saturated rings. The van der Waals surface area contributed by atoms with Gasteiger partial charge in [-0.05, 0) is 24.6 Å². The fourth-order valence-electron chi connectivity index (χ4n) is 1.96. The first-order chi connectivity index (χ1) is 8.46. The highest BCUT2D eigenvalue weighted by Gasteiger charge is 2.11. The van der Waals surface area contributed by atoms with Gasteiger partial charge in [0.2, 0.25) is 0 Å².